The number of aryl methyl sites for hydroxylation is 1. The molecule has 0 radical (unpaired) electrons. The lowest BCUT2D eigenvalue weighted by Gasteiger charge is -2.09. The highest BCUT2D eigenvalue weighted by Crippen LogP contribution is 2.17. The van der Waals surface area contributed by atoms with Crippen LogP contribution < -0.4 is 10.6 Å². The van der Waals surface area contributed by atoms with Gasteiger partial charge in [-0.15, -0.1) is 0 Å². The molecule has 0 saturated heterocycles. The molecule has 20 heavy (non-hydrogen) atoms. The third-order valence-electron chi connectivity index (χ3n) is 2.99. The van der Waals surface area contributed by atoms with E-state index in [0.717, 1.165) is 11.3 Å². The molecule has 2 N–H and O–H groups in total. The highest BCUT2D eigenvalue weighted by atomic mass is 16.2. The Labute approximate surface area is 119 Å². The second-order valence-corrected chi connectivity index (χ2v) is 5.08. The molecule has 0 aliphatic heterocycles. The molecule has 104 valence electrons. The summed E-state index contributed by atoms with van der Waals surface area (Å²) in [5.74, 6) is 1.02. The first-order valence-electron chi connectivity index (χ1n) is 6.65. The molecule has 2 amide bonds. The van der Waals surface area contributed by atoms with Gasteiger partial charge in [0.25, 0.3) is 0 Å². The lowest BCUT2D eigenvalue weighted by Crippen LogP contribution is -2.20. The number of urea groups is 1. The number of anilines is 2. The van der Waals surface area contributed by atoms with E-state index in [-0.39, 0.29) is 6.03 Å². The van der Waals surface area contributed by atoms with Crippen molar-refractivity contribution in [3.8, 4) is 0 Å². The van der Waals surface area contributed by atoms with Gasteiger partial charge >= 0.3 is 6.03 Å². The number of nitrogens with one attached hydrogen (secondary N) is 2. The Bertz CT molecular complexity index is 574. The standard InChI is InChI=1S/C16H19N3O/c1-11(2)13-5-7-14(8-6-13)18-16(20)19-15-9-4-12(3)10-17-15/h4-11H,1-3H3,(H2,17,18,19,20). The third kappa shape index (κ3) is 3.82. The number of aromatic nitrogens is 1. The maximum Gasteiger partial charge on any atom is 0.324 e. The van der Waals surface area contributed by atoms with Crippen LogP contribution in [0.1, 0.15) is 30.9 Å². The summed E-state index contributed by atoms with van der Waals surface area (Å²) in [6.45, 7) is 6.23. The molecule has 0 fully saturated rings. The molecule has 0 atom stereocenters. The minimum absolute atomic E-state index is 0.293. The largest absolute Gasteiger partial charge is 0.324 e. The van der Waals surface area contributed by atoms with Gasteiger partial charge in [0, 0.05) is 11.9 Å². The molecule has 0 saturated carbocycles. The van der Waals surface area contributed by atoms with Crippen molar-refractivity contribution in [2.24, 2.45) is 0 Å². The second-order valence-electron chi connectivity index (χ2n) is 5.08. The van der Waals surface area contributed by atoms with E-state index in [1.165, 1.54) is 5.56 Å². The average Bonchev–Trinajstić information content (AvgIpc) is 2.42. The fourth-order valence-corrected chi connectivity index (χ4v) is 1.77. The number of benzene rings is 1. The van der Waals surface area contributed by atoms with Crippen LogP contribution in [-0.2, 0) is 0 Å². The highest BCUT2D eigenvalue weighted by molar-refractivity contribution is 5.99. The summed E-state index contributed by atoms with van der Waals surface area (Å²) in [7, 11) is 0. The van der Waals surface area contributed by atoms with Gasteiger partial charge in [-0.3, -0.25) is 5.32 Å². The molecule has 0 spiro atoms. The molecule has 1 aromatic carbocycles. The Balaban J connectivity index is 1.95. The highest BCUT2D eigenvalue weighted by Gasteiger charge is 2.04. The van der Waals surface area contributed by atoms with Gasteiger partial charge in [0.1, 0.15) is 5.82 Å². The topological polar surface area (TPSA) is 54.0 Å². The summed E-state index contributed by atoms with van der Waals surface area (Å²) in [6.07, 6.45) is 1.72. The van der Waals surface area contributed by atoms with Crippen molar-refractivity contribution in [2.45, 2.75) is 26.7 Å². The maximum atomic E-state index is 11.8. The fourth-order valence-electron chi connectivity index (χ4n) is 1.77. The molecular weight excluding hydrogens is 250 g/mol. The quantitative estimate of drug-likeness (QED) is 0.879. The summed E-state index contributed by atoms with van der Waals surface area (Å²) in [5, 5.41) is 5.47. The van der Waals surface area contributed by atoms with Gasteiger partial charge in [0.15, 0.2) is 0 Å². The van der Waals surface area contributed by atoms with E-state index in [2.05, 4.69) is 29.5 Å². The first kappa shape index (κ1) is 14.1. The average molecular weight is 269 g/mol. The Morgan fingerprint density at radius 2 is 1.75 bits per heavy atom. The number of carbonyl (C=O) groups excluding carboxylic acids is 1. The van der Waals surface area contributed by atoms with E-state index >= 15 is 0 Å². The zero-order valence-electron chi connectivity index (χ0n) is 12.0. The molecule has 1 heterocycles. The van der Waals surface area contributed by atoms with E-state index in [1.807, 2.05) is 37.3 Å². The zero-order valence-corrected chi connectivity index (χ0v) is 12.0. The SMILES string of the molecule is Cc1ccc(NC(=O)Nc2ccc(C(C)C)cc2)nc1. The minimum atomic E-state index is -0.293. The van der Waals surface area contributed by atoms with Crippen molar-refractivity contribution in [3.05, 3.63) is 53.7 Å². The van der Waals surface area contributed by atoms with Crippen LogP contribution in [0.5, 0.6) is 0 Å². The normalized spacial score (nSPS) is 10.4. The molecule has 0 unspecified atom stereocenters. The van der Waals surface area contributed by atoms with Crippen molar-refractivity contribution in [3.63, 3.8) is 0 Å². The van der Waals surface area contributed by atoms with Crippen LogP contribution >= 0.6 is 0 Å². The van der Waals surface area contributed by atoms with Crippen LogP contribution in [0.2, 0.25) is 0 Å². The number of hydrogen-bond acceptors (Lipinski definition) is 2. The first-order chi connectivity index (χ1) is 9.54. The van der Waals surface area contributed by atoms with Gasteiger partial charge in [-0.25, -0.2) is 9.78 Å². The van der Waals surface area contributed by atoms with Crippen LogP contribution in [0.3, 0.4) is 0 Å². The Hall–Kier alpha value is -2.36. The number of pyridine rings is 1. The van der Waals surface area contributed by atoms with Crippen molar-refractivity contribution in [1.82, 2.24) is 4.98 Å². The van der Waals surface area contributed by atoms with Crippen LogP contribution in [0.25, 0.3) is 0 Å². The predicted molar refractivity (Wildman–Crippen MR) is 82.1 cm³/mol. The summed E-state index contributed by atoms with van der Waals surface area (Å²) < 4.78 is 0. The Morgan fingerprint density at radius 1 is 1.05 bits per heavy atom. The summed E-state index contributed by atoms with van der Waals surface area (Å²) in [6, 6.07) is 11.2. The zero-order chi connectivity index (χ0) is 14.5. The predicted octanol–water partition coefficient (Wildman–Crippen LogP) is 4.16. The van der Waals surface area contributed by atoms with Gasteiger partial charge in [-0.05, 0) is 42.2 Å². The first-order valence-corrected chi connectivity index (χ1v) is 6.65. The minimum Gasteiger partial charge on any atom is -0.308 e. The van der Waals surface area contributed by atoms with E-state index in [1.54, 1.807) is 12.3 Å². The van der Waals surface area contributed by atoms with Gasteiger partial charge in [0.2, 0.25) is 0 Å². The monoisotopic (exact) mass is 269 g/mol. The van der Waals surface area contributed by atoms with E-state index in [4.69, 9.17) is 0 Å². The van der Waals surface area contributed by atoms with E-state index in [9.17, 15) is 4.79 Å². The van der Waals surface area contributed by atoms with Gasteiger partial charge in [0.05, 0.1) is 0 Å². The van der Waals surface area contributed by atoms with Crippen LogP contribution in [0.4, 0.5) is 16.3 Å². The van der Waals surface area contributed by atoms with Crippen LogP contribution in [0.15, 0.2) is 42.6 Å². The van der Waals surface area contributed by atoms with Gasteiger partial charge in [-0.1, -0.05) is 32.0 Å². The Morgan fingerprint density at radius 3 is 2.30 bits per heavy atom. The van der Waals surface area contributed by atoms with Crippen molar-refractivity contribution in [1.29, 1.82) is 0 Å². The summed E-state index contributed by atoms with van der Waals surface area (Å²) in [5.41, 5.74) is 3.07. The molecule has 1 aromatic heterocycles. The molecule has 0 aliphatic rings. The number of nitrogens with zero attached hydrogens (tertiary/aromatic N) is 1. The van der Waals surface area contributed by atoms with Gasteiger partial charge in [-0.2, -0.15) is 0 Å². The number of carbonyl (C=O) groups is 1. The maximum absolute atomic E-state index is 11.8. The van der Waals surface area contributed by atoms with E-state index in [0.29, 0.717) is 11.7 Å². The molecule has 4 heteroatoms. The second kappa shape index (κ2) is 6.19. The lowest BCUT2D eigenvalue weighted by molar-refractivity contribution is 0.262. The number of hydrogen-bond donors (Lipinski definition) is 2. The van der Waals surface area contributed by atoms with Crippen molar-refractivity contribution >= 4 is 17.5 Å². The molecule has 0 aliphatic carbocycles. The van der Waals surface area contributed by atoms with E-state index < -0.39 is 0 Å². The third-order valence-corrected chi connectivity index (χ3v) is 2.99. The van der Waals surface area contributed by atoms with Crippen molar-refractivity contribution in [2.75, 3.05) is 10.6 Å². The lowest BCUT2D eigenvalue weighted by atomic mass is 10.0. The Kier molecular flexibility index (Phi) is 4.35. The summed E-state index contributed by atoms with van der Waals surface area (Å²) in [4.78, 5) is 15.9. The molecule has 0 bridgehead atoms. The van der Waals surface area contributed by atoms with Crippen LogP contribution in [-0.4, -0.2) is 11.0 Å². The van der Waals surface area contributed by atoms with Crippen LogP contribution in [0, 0.1) is 6.92 Å². The smallest absolute Gasteiger partial charge is 0.308 e. The number of amides is 2. The molecular formula is C16H19N3O. The fraction of sp³-hybridized carbons (Fsp3) is 0.250. The molecule has 2 aromatic rings. The number of rotatable bonds is 3. The van der Waals surface area contributed by atoms with Gasteiger partial charge < -0.3 is 5.32 Å². The molecule has 2 rings (SSSR count). The summed E-state index contributed by atoms with van der Waals surface area (Å²) >= 11 is 0. The molecule has 4 nitrogen and oxygen atoms in total. The van der Waals surface area contributed by atoms with Crippen molar-refractivity contribution < 1.29 is 4.79 Å².